The number of hydrogen-bond acceptors (Lipinski definition) is 5. The molecule has 6 nitrogen and oxygen atoms in total. The van der Waals surface area contributed by atoms with Gasteiger partial charge < -0.3 is 14.8 Å². The van der Waals surface area contributed by atoms with Crippen LogP contribution in [0.4, 0.5) is 5.69 Å². The second kappa shape index (κ2) is 8.10. The van der Waals surface area contributed by atoms with E-state index in [0.717, 1.165) is 5.56 Å². The lowest BCUT2D eigenvalue weighted by Crippen LogP contribution is -2.21. The number of carbonyl (C=O) groups is 3. The molecule has 6 heteroatoms. The summed E-state index contributed by atoms with van der Waals surface area (Å²) >= 11 is 0. The molecule has 0 radical (unpaired) electrons. The normalized spacial score (nSPS) is 10.0. The lowest BCUT2D eigenvalue weighted by Gasteiger charge is -2.11. The van der Waals surface area contributed by atoms with Crippen LogP contribution in [0.5, 0.6) is 5.75 Å². The summed E-state index contributed by atoms with van der Waals surface area (Å²) in [6.45, 7) is 3.06. The van der Waals surface area contributed by atoms with Crippen LogP contribution in [0.1, 0.15) is 33.2 Å². The summed E-state index contributed by atoms with van der Waals surface area (Å²) < 4.78 is 10.1. The van der Waals surface area contributed by atoms with Gasteiger partial charge in [0.15, 0.2) is 12.4 Å². The van der Waals surface area contributed by atoms with Crippen molar-refractivity contribution in [2.45, 2.75) is 13.8 Å². The van der Waals surface area contributed by atoms with E-state index in [1.54, 1.807) is 42.5 Å². The first-order chi connectivity index (χ1) is 11.9. The second-order valence-corrected chi connectivity index (χ2v) is 5.44. The van der Waals surface area contributed by atoms with Crippen molar-refractivity contribution in [3.63, 3.8) is 0 Å². The standard InChI is InChI=1S/C19H19NO5/c1-12-7-8-15(19(23)24-3)10-17(12)20-18(22)11-25-16-6-4-5-14(9-16)13(2)21/h4-10H,11H2,1-3H3,(H,20,22). The molecule has 130 valence electrons. The Hall–Kier alpha value is -3.15. The van der Waals surface area contributed by atoms with Gasteiger partial charge in [-0.25, -0.2) is 4.79 Å². The molecule has 0 aliphatic heterocycles. The van der Waals surface area contributed by atoms with Crippen molar-refractivity contribution >= 4 is 23.3 Å². The number of methoxy groups -OCH3 is 1. The molecule has 0 unspecified atom stereocenters. The van der Waals surface area contributed by atoms with Gasteiger partial charge in [0, 0.05) is 11.3 Å². The van der Waals surface area contributed by atoms with Gasteiger partial charge in [-0.3, -0.25) is 9.59 Å². The van der Waals surface area contributed by atoms with Crippen molar-refractivity contribution in [2.24, 2.45) is 0 Å². The maximum atomic E-state index is 12.1. The fraction of sp³-hybridized carbons (Fsp3) is 0.211. The second-order valence-electron chi connectivity index (χ2n) is 5.44. The summed E-state index contributed by atoms with van der Waals surface area (Å²) in [7, 11) is 1.30. The van der Waals surface area contributed by atoms with E-state index in [9.17, 15) is 14.4 Å². The van der Waals surface area contributed by atoms with Crippen molar-refractivity contribution in [3.05, 3.63) is 59.2 Å². The number of nitrogens with one attached hydrogen (secondary N) is 1. The Labute approximate surface area is 145 Å². The number of benzene rings is 2. The lowest BCUT2D eigenvalue weighted by atomic mass is 10.1. The van der Waals surface area contributed by atoms with E-state index in [1.165, 1.54) is 14.0 Å². The van der Waals surface area contributed by atoms with Crippen LogP contribution in [0, 0.1) is 6.92 Å². The largest absolute Gasteiger partial charge is 0.484 e. The summed E-state index contributed by atoms with van der Waals surface area (Å²) in [5, 5.41) is 2.70. The Morgan fingerprint density at radius 2 is 1.80 bits per heavy atom. The number of esters is 1. The Morgan fingerprint density at radius 3 is 2.48 bits per heavy atom. The molecule has 2 rings (SSSR count). The highest BCUT2D eigenvalue weighted by Crippen LogP contribution is 2.18. The van der Waals surface area contributed by atoms with E-state index in [0.29, 0.717) is 22.6 Å². The number of rotatable bonds is 6. The Balaban J connectivity index is 2.02. The van der Waals surface area contributed by atoms with Crippen molar-refractivity contribution in [1.82, 2.24) is 0 Å². The van der Waals surface area contributed by atoms with Crippen LogP contribution in [0.25, 0.3) is 0 Å². The van der Waals surface area contributed by atoms with Crippen LogP contribution in [0.3, 0.4) is 0 Å². The summed E-state index contributed by atoms with van der Waals surface area (Å²) in [6.07, 6.45) is 0. The zero-order chi connectivity index (χ0) is 18.4. The number of anilines is 1. The molecule has 0 fully saturated rings. The maximum absolute atomic E-state index is 12.1. The highest BCUT2D eigenvalue weighted by molar-refractivity contribution is 5.96. The van der Waals surface area contributed by atoms with E-state index in [1.807, 2.05) is 6.92 Å². The zero-order valence-corrected chi connectivity index (χ0v) is 14.3. The van der Waals surface area contributed by atoms with Crippen LogP contribution in [0.15, 0.2) is 42.5 Å². The van der Waals surface area contributed by atoms with Gasteiger partial charge in [0.2, 0.25) is 0 Å². The fourth-order valence-corrected chi connectivity index (χ4v) is 2.14. The van der Waals surface area contributed by atoms with Crippen molar-refractivity contribution < 1.29 is 23.9 Å². The molecule has 2 aromatic rings. The van der Waals surface area contributed by atoms with Crippen molar-refractivity contribution in [3.8, 4) is 5.75 Å². The van der Waals surface area contributed by atoms with E-state index in [-0.39, 0.29) is 18.3 Å². The number of hydrogen-bond donors (Lipinski definition) is 1. The van der Waals surface area contributed by atoms with Gasteiger partial charge in [-0.2, -0.15) is 0 Å². The minimum atomic E-state index is -0.479. The number of aryl methyl sites for hydroxylation is 1. The number of carbonyl (C=O) groups excluding carboxylic acids is 3. The molecule has 1 N–H and O–H groups in total. The van der Waals surface area contributed by atoms with E-state index >= 15 is 0 Å². The Bertz CT molecular complexity index is 813. The van der Waals surface area contributed by atoms with Crippen molar-refractivity contribution in [1.29, 1.82) is 0 Å². The first-order valence-electron chi connectivity index (χ1n) is 7.63. The van der Waals surface area contributed by atoms with Gasteiger partial charge in [0.05, 0.1) is 12.7 Å². The lowest BCUT2D eigenvalue weighted by molar-refractivity contribution is -0.118. The Morgan fingerprint density at radius 1 is 1.04 bits per heavy atom. The predicted molar refractivity (Wildman–Crippen MR) is 93.1 cm³/mol. The van der Waals surface area contributed by atoms with Gasteiger partial charge in [-0.05, 0) is 43.7 Å². The molecule has 0 aliphatic carbocycles. The third kappa shape index (κ3) is 4.91. The third-order valence-corrected chi connectivity index (χ3v) is 3.54. The summed E-state index contributed by atoms with van der Waals surface area (Å²) in [5.41, 5.74) is 2.17. The smallest absolute Gasteiger partial charge is 0.337 e. The number of ketones is 1. The molecule has 0 saturated heterocycles. The minimum absolute atomic E-state index is 0.0786. The fourth-order valence-electron chi connectivity index (χ4n) is 2.14. The van der Waals surface area contributed by atoms with Gasteiger partial charge in [-0.1, -0.05) is 18.2 Å². The van der Waals surface area contributed by atoms with E-state index in [2.05, 4.69) is 10.1 Å². The average molecular weight is 341 g/mol. The Kier molecular flexibility index (Phi) is 5.89. The minimum Gasteiger partial charge on any atom is -0.484 e. The van der Waals surface area contributed by atoms with Crippen LogP contribution in [-0.2, 0) is 9.53 Å². The van der Waals surface area contributed by atoms with Crippen molar-refractivity contribution in [2.75, 3.05) is 19.0 Å². The molecule has 25 heavy (non-hydrogen) atoms. The van der Waals surface area contributed by atoms with Crippen LogP contribution in [-0.4, -0.2) is 31.4 Å². The molecule has 0 bridgehead atoms. The molecule has 0 heterocycles. The number of ether oxygens (including phenoxy) is 2. The molecule has 0 aromatic heterocycles. The zero-order valence-electron chi connectivity index (χ0n) is 14.3. The first-order valence-corrected chi connectivity index (χ1v) is 7.63. The van der Waals surface area contributed by atoms with Gasteiger partial charge >= 0.3 is 5.97 Å². The topological polar surface area (TPSA) is 81.7 Å². The number of Topliss-reactive ketones (excluding diaryl/α,β-unsaturated/α-hetero) is 1. The maximum Gasteiger partial charge on any atom is 0.337 e. The molecule has 0 spiro atoms. The molecule has 0 saturated carbocycles. The monoisotopic (exact) mass is 341 g/mol. The molecule has 0 aliphatic rings. The van der Waals surface area contributed by atoms with Crippen LogP contribution >= 0.6 is 0 Å². The van der Waals surface area contributed by atoms with E-state index < -0.39 is 5.97 Å². The summed E-state index contributed by atoms with van der Waals surface area (Å²) in [5.74, 6) is -0.501. The molecule has 2 aromatic carbocycles. The van der Waals surface area contributed by atoms with Gasteiger partial charge in [-0.15, -0.1) is 0 Å². The van der Waals surface area contributed by atoms with Gasteiger partial charge in [0.25, 0.3) is 5.91 Å². The SMILES string of the molecule is COC(=O)c1ccc(C)c(NC(=O)COc2cccc(C(C)=O)c2)c1. The predicted octanol–water partition coefficient (Wildman–Crippen LogP) is 3.00. The average Bonchev–Trinajstić information content (AvgIpc) is 2.61. The molecule has 1 amide bonds. The van der Waals surface area contributed by atoms with Crippen LogP contribution < -0.4 is 10.1 Å². The van der Waals surface area contributed by atoms with E-state index in [4.69, 9.17) is 4.74 Å². The number of amides is 1. The highest BCUT2D eigenvalue weighted by atomic mass is 16.5. The molecule has 0 atom stereocenters. The summed E-state index contributed by atoms with van der Waals surface area (Å²) in [6, 6.07) is 11.5. The highest BCUT2D eigenvalue weighted by Gasteiger charge is 2.11. The third-order valence-electron chi connectivity index (χ3n) is 3.54. The van der Waals surface area contributed by atoms with Crippen LogP contribution in [0.2, 0.25) is 0 Å². The van der Waals surface area contributed by atoms with Gasteiger partial charge in [0.1, 0.15) is 5.75 Å². The quantitative estimate of drug-likeness (QED) is 0.645. The molecular formula is C19H19NO5. The first kappa shape index (κ1) is 18.2. The molecular weight excluding hydrogens is 322 g/mol. The summed E-state index contributed by atoms with van der Waals surface area (Å²) in [4.78, 5) is 35.0.